The highest BCUT2D eigenvalue weighted by Gasteiger charge is 2.22. The highest BCUT2D eigenvalue weighted by Crippen LogP contribution is 2.34. The van der Waals surface area contributed by atoms with Crippen LogP contribution in [0.15, 0.2) is 12.1 Å². The van der Waals surface area contributed by atoms with E-state index >= 15 is 0 Å². The van der Waals surface area contributed by atoms with E-state index in [9.17, 15) is 4.79 Å². The monoisotopic (exact) mass is 318 g/mol. The molecule has 0 saturated carbocycles. The molecule has 0 aliphatic carbocycles. The first-order valence-electron chi connectivity index (χ1n) is 7.52. The van der Waals surface area contributed by atoms with E-state index in [1.165, 1.54) is 0 Å². The van der Waals surface area contributed by atoms with Crippen molar-refractivity contribution in [2.75, 3.05) is 13.7 Å². The second-order valence-electron chi connectivity index (χ2n) is 5.52. The van der Waals surface area contributed by atoms with Crippen molar-refractivity contribution in [3.05, 3.63) is 23.3 Å². The fraction of sp³-hybridized carbons (Fsp3) is 0.471. The average Bonchev–Trinajstić information content (AvgIpc) is 2.90. The summed E-state index contributed by atoms with van der Waals surface area (Å²) in [7, 11) is 1.60. The van der Waals surface area contributed by atoms with E-state index in [2.05, 4.69) is 16.6 Å². The second kappa shape index (κ2) is 7.75. The number of methoxy groups -OCH3 is 1. The number of fused-ring (bicyclic) bond motifs is 1. The fourth-order valence-electron chi connectivity index (χ4n) is 2.53. The summed E-state index contributed by atoms with van der Waals surface area (Å²) >= 11 is 0. The minimum atomic E-state index is -0.453. The number of carbonyl (C=O) groups is 1. The molecule has 124 valence electrons. The van der Waals surface area contributed by atoms with Gasteiger partial charge in [-0.2, -0.15) is 0 Å². The van der Waals surface area contributed by atoms with Crippen LogP contribution < -0.4 is 20.1 Å². The van der Waals surface area contributed by atoms with Gasteiger partial charge in [0.25, 0.3) is 0 Å². The zero-order valence-electron chi connectivity index (χ0n) is 13.4. The largest absolute Gasteiger partial charge is 0.496 e. The summed E-state index contributed by atoms with van der Waals surface area (Å²) in [6, 6.07) is 2.99. The third kappa shape index (κ3) is 4.30. The summed E-state index contributed by atoms with van der Waals surface area (Å²) in [6.45, 7) is 2.10. The molecule has 2 unspecified atom stereocenters. The number of urea groups is 1. The van der Waals surface area contributed by atoms with Crippen LogP contribution in [0.2, 0.25) is 0 Å². The van der Waals surface area contributed by atoms with Gasteiger partial charge in [0, 0.05) is 30.5 Å². The van der Waals surface area contributed by atoms with Gasteiger partial charge in [0.2, 0.25) is 0 Å². The molecule has 1 aliphatic rings. The van der Waals surface area contributed by atoms with E-state index in [0.717, 1.165) is 23.3 Å². The molecule has 2 rings (SSSR count). The maximum Gasteiger partial charge on any atom is 0.315 e. The highest BCUT2D eigenvalue weighted by atomic mass is 16.5. The first-order chi connectivity index (χ1) is 11.1. The lowest BCUT2D eigenvalue weighted by Crippen LogP contribution is -2.43. The van der Waals surface area contributed by atoms with Crippen LogP contribution in [0.1, 0.15) is 24.5 Å². The predicted molar refractivity (Wildman–Crippen MR) is 86.5 cm³/mol. The zero-order chi connectivity index (χ0) is 16.8. The normalized spacial score (nSPS) is 16.7. The Morgan fingerprint density at radius 1 is 1.61 bits per heavy atom. The molecule has 0 aromatic heterocycles. The lowest BCUT2D eigenvalue weighted by molar-refractivity contribution is 0.217. The van der Waals surface area contributed by atoms with Crippen LogP contribution in [0.4, 0.5) is 4.79 Å². The maximum absolute atomic E-state index is 11.9. The third-order valence-corrected chi connectivity index (χ3v) is 3.66. The Bertz CT molecular complexity index is 609. The van der Waals surface area contributed by atoms with Crippen LogP contribution in [0, 0.1) is 12.3 Å². The summed E-state index contributed by atoms with van der Waals surface area (Å²) in [5, 5.41) is 14.5. The van der Waals surface area contributed by atoms with Gasteiger partial charge in [-0.1, -0.05) is 0 Å². The molecule has 0 radical (unpaired) electrons. The van der Waals surface area contributed by atoms with Crippen LogP contribution in [-0.2, 0) is 13.0 Å². The standard InChI is InChI=1S/C17H22N2O4/c1-4-5-14(10-20)19-17(21)18-9-13-8-16-12(6-11(2)23-16)7-15(13)22-3/h1,7-8,11,14,20H,5-6,9-10H2,2-3H3,(H2,18,19,21). The number of aliphatic hydroxyl groups is 1. The van der Waals surface area contributed by atoms with Crippen molar-refractivity contribution < 1.29 is 19.4 Å². The summed E-state index contributed by atoms with van der Waals surface area (Å²) in [4.78, 5) is 11.9. The molecule has 3 N–H and O–H groups in total. The van der Waals surface area contributed by atoms with Gasteiger partial charge in [-0.3, -0.25) is 0 Å². The number of hydrogen-bond donors (Lipinski definition) is 3. The Morgan fingerprint density at radius 2 is 2.39 bits per heavy atom. The average molecular weight is 318 g/mol. The van der Waals surface area contributed by atoms with Crippen LogP contribution in [0.5, 0.6) is 11.5 Å². The van der Waals surface area contributed by atoms with Crippen molar-refractivity contribution in [1.82, 2.24) is 10.6 Å². The van der Waals surface area contributed by atoms with Crippen molar-refractivity contribution >= 4 is 6.03 Å². The van der Waals surface area contributed by atoms with Gasteiger partial charge < -0.3 is 25.2 Å². The van der Waals surface area contributed by atoms with E-state index in [1.54, 1.807) is 7.11 Å². The van der Waals surface area contributed by atoms with Crippen LogP contribution in [0.25, 0.3) is 0 Å². The molecule has 0 bridgehead atoms. The number of benzene rings is 1. The molecule has 2 amide bonds. The van der Waals surface area contributed by atoms with E-state index < -0.39 is 12.1 Å². The topological polar surface area (TPSA) is 79.8 Å². The number of carbonyl (C=O) groups excluding carboxylic acids is 1. The first kappa shape index (κ1) is 17.0. The van der Waals surface area contributed by atoms with E-state index in [0.29, 0.717) is 5.75 Å². The van der Waals surface area contributed by atoms with Crippen molar-refractivity contribution in [3.8, 4) is 23.8 Å². The summed E-state index contributed by atoms with van der Waals surface area (Å²) in [5.74, 6) is 3.95. The second-order valence-corrected chi connectivity index (χ2v) is 5.52. The predicted octanol–water partition coefficient (Wildman–Crippen LogP) is 1.20. The van der Waals surface area contributed by atoms with Gasteiger partial charge in [0.15, 0.2) is 0 Å². The fourth-order valence-corrected chi connectivity index (χ4v) is 2.53. The van der Waals surface area contributed by atoms with Crippen molar-refractivity contribution in [1.29, 1.82) is 0 Å². The Labute approximate surface area is 136 Å². The third-order valence-electron chi connectivity index (χ3n) is 3.66. The van der Waals surface area contributed by atoms with Gasteiger partial charge in [-0.25, -0.2) is 4.79 Å². The number of amides is 2. The summed E-state index contributed by atoms with van der Waals surface area (Å²) < 4.78 is 11.1. The molecule has 1 aromatic rings. The van der Waals surface area contributed by atoms with Gasteiger partial charge in [0.1, 0.15) is 17.6 Å². The lowest BCUT2D eigenvalue weighted by atomic mass is 10.1. The Morgan fingerprint density at radius 3 is 3.04 bits per heavy atom. The van der Waals surface area contributed by atoms with Crippen LogP contribution in [0.3, 0.4) is 0 Å². The number of terminal acetylenes is 1. The zero-order valence-corrected chi connectivity index (χ0v) is 13.4. The van der Waals surface area contributed by atoms with Gasteiger partial charge in [-0.05, 0) is 19.1 Å². The summed E-state index contributed by atoms with van der Waals surface area (Å²) in [5.41, 5.74) is 1.94. The Kier molecular flexibility index (Phi) is 5.72. The van der Waals surface area contributed by atoms with E-state index in [-0.39, 0.29) is 25.7 Å². The molecule has 0 spiro atoms. The minimum absolute atomic E-state index is 0.148. The van der Waals surface area contributed by atoms with Gasteiger partial charge in [-0.15, -0.1) is 12.3 Å². The molecule has 0 saturated heterocycles. The first-order valence-corrected chi connectivity index (χ1v) is 7.52. The molecule has 0 fully saturated rings. The molecule has 1 aliphatic heterocycles. The number of rotatable bonds is 6. The van der Waals surface area contributed by atoms with Crippen molar-refractivity contribution in [3.63, 3.8) is 0 Å². The molecule has 6 heteroatoms. The number of hydrogen-bond acceptors (Lipinski definition) is 4. The molecular formula is C17H22N2O4. The van der Waals surface area contributed by atoms with Crippen molar-refractivity contribution in [2.45, 2.75) is 38.5 Å². The molecule has 6 nitrogen and oxygen atoms in total. The van der Waals surface area contributed by atoms with E-state index in [1.807, 2.05) is 19.1 Å². The van der Waals surface area contributed by atoms with Crippen LogP contribution >= 0.6 is 0 Å². The summed E-state index contributed by atoms with van der Waals surface area (Å²) in [6.07, 6.45) is 6.46. The SMILES string of the molecule is C#CCC(CO)NC(=O)NCc1cc2c(cc1OC)CC(C)O2. The Balaban J connectivity index is 1.99. The highest BCUT2D eigenvalue weighted by molar-refractivity contribution is 5.74. The van der Waals surface area contributed by atoms with Gasteiger partial charge >= 0.3 is 6.03 Å². The maximum atomic E-state index is 11.9. The number of aliphatic hydroxyl groups excluding tert-OH is 1. The van der Waals surface area contributed by atoms with E-state index in [4.69, 9.17) is 21.0 Å². The lowest BCUT2D eigenvalue weighted by Gasteiger charge is -2.16. The molecule has 23 heavy (non-hydrogen) atoms. The number of ether oxygens (including phenoxy) is 2. The molecule has 2 atom stereocenters. The Hall–Kier alpha value is -2.39. The number of nitrogens with one attached hydrogen (secondary N) is 2. The van der Waals surface area contributed by atoms with Gasteiger partial charge in [0.05, 0.1) is 19.8 Å². The smallest absolute Gasteiger partial charge is 0.315 e. The minimum Gasteiger partial charge on any atom is -0.496 e. The quantitative estimate of drug-likeness (QED) is 0.689. The molecular weight excluding hydrogens is 296 g/mol. The van der Waals surface area contributed by atoms with Crippen molar-refractivity contribution in [2.24, 2.45) is 0 Å². The molecule has 1 aromatic carbocycles. The molecule has 1 heterocycles. The van der Waals surface area contributed by atoms with Crippen LogP contribution in [-0.4, -0.2) is 37.0 Å².